The zero-order valence-corrected chi connectivity index (χ0v) is 16.7. The molecule has 160 valence electrons. The number of carbonyl (C=O) groups is 3. The molecule has 0 heterocycles. The van der Waals surface area contributed by atoms with Crippen molar-refractivity contribution >= 4 is 18.2 Å². The summed E-state index contributed by atoms with van der Waals surface area (Å²) in [4.78, 5) is 34.2. The molecule has 0 bridgehead atoms. The molecule has 28 heavy (non-hydrogen) atoms. The molecule has 9 nitrogen and oxygen atoms in total. The summed E-state index contributed by atoms with van der Waals surface area (Å²) < 4.78 is 23.5. The number of hydrogen-bond acceptors (Lipinski definition) is 8. The third kappa shape index (κ3) is 18.0. The lowest BCUT2D eigenvalue weighted by atomic mass is 10.4. The van der Waals surface area contributed by atoms with Crippen LogP contribution in [0, 0.1) is 0 Å². The highest BCUT2D eigenvalue weighted by molar-refractivity contribution is 5.86. The molecule has 0 aliphatic heterocycles. The van der Waals surface area contributed by atoms with Crippen LogP contribution in [0.5, 0.6) is 0 Å². The minimum atomic E-state index is -0.784. The first-order valence-corrected chi connectivity index (χ1v) is 8.76. The molecule has 0 rings (SSSR count). The summed E-state index contributed by atoms with van der Waals surface area (Å²) in [5.41, 5.74) is 0. The Labute approximate surface area is 166 Å². The number of amides is 1. The van der Waals surface area contributed by atoms with Crippen LogP contribution in [0.25, 0.3) is 0 Å². The maximum atomic E-state index is 10.8. The molecule has 0 aliphatic carbocycles. The van der Waals surface area contributed by atoms with Crippen LogP contribution in [0.2, 0.25) is 0 Å². The minimum Gasteiger partial charge on any atom is -0.432 e. The summed E-state index contributed by atoms with van der Waals surface area (Å²) in [7, 11) is 0. The van der Waals surface area contributed by atoms with Crippen LogP contribution in [-0.4, -0.2) is 75.8 Å². The van der Waals surface area contributed by atoms with E-state index in [4.69, 9.17) is 4.74 Å². The third-order valence-electron chi connectivity index (χ3n) is 2.78. The second-order valence-corrected chi connectivity index (χ2v) is 4.72. The molecule has 1 amide bonds. The fraction of sp³-hybridized carbons (Fsp3) is 0.526. The van der Waals surface area contributed by atoms with E-state index in [9.17, 15) is 14.4 Å². The number of rotatable bonds is 13. The van der Waals surface area contributed by atoms with Crippen molar-refractivity contribution in [2.75, 3.05) is 52.7 Å². The van der Waals surface area contributed by atoms with Crippen molar-refractivity contribution in [3.05, 3.63) is 38.0 Å². The van der Waals surface area contributed by atoms with Gasteiger partial charge in [-0.2, -0.15) is 0 Å². The number of ether oxygens (including phenoxy) is 5. The van der Waals surface area contributed by atoms with Crippen LogP contribution in [-0.2, 0) is 28.5 Å². The molecule has 0 spiro atoms. The SMILES string of the molecule is C=CC(=O)N(CC)CC.C=CCOC(=O)OCCOCCOC(=O)OCC=C. The largest absolute Gasteiger partial charge is 0.508 e. The van der Waals surface area contributed by atoms with Crippen molar-refractivity contribution < 1.29 is 38.1 Å². The van der Waals surface area contributed by atoms with Gasteiger partial charge in [-0.25, -0.2) is 9.59 Å². The van der Waals surface area contributed by atoms with E-state index in [1.165, 1.54) is 18.2 Å². The summed E-state index contributed by atoms with van der Waals surface area (Å²) in [6.07, 6.45) is 2.63. The highest BCUT2D eigenvalue weighted by Crippen LogP contribution is 1.89. The molecule has 0 fully saturated rings. The molecule has 0 aromatic rings. The molecule has 0 N–H and O–H groups in total. The maximum absolute atomic E-state index is 10.8. The van der Waals surface area contributed by atoms with E-state index in [1.807, 2.05) is 13.8 Å². The molecule has 0 unspecified atom stereocenters. The second-order valence-electron chi connectivity index (χ2n) is 4.72. The Morgan fingerprint density at radius 1 is 0.750 bits per heavy atom. The minimum absolute atomic E-state index is 0.0139. The molecule has 0 saturated heterocycles. The Morgan fingerprint density at radius 3 is 1.46 bits per heavy atom. The van der Waals surface area contributed by atoms with Crippen molar-refractivity contribution in [1.82, 2.24) is 4.90 Å². The highest BCUT2D eigenvalue weighted by Gasteiger charge is 2.03. The van der Waals surface area contributed by atoms with E-state index < -0.39 is 12.3 Å². The van der Waals surface area contributed by atoms with Crippen LogP contribution in [0.15, 0.2) is 38.0 Å². The maximum Gasteiger partial charge on any atom is 0.508 e. The lowest BCUT2D eigenvalue weighted by Crippen LogP contribution is -2.28. The Morgan fingerprint density at radius 2 is 1.18 bits per heavy atom. The van der Waals surface area contributed by atoms with Gasteiger partial charge in [-0.05, 0) is 19.9 Å². The normalized spacial score (nSPS) is 9.07. The third-order valence-corrected chi connectivity index (χ3v) is 2.78. The predicted molar refractivity (Wildman–Crippen MR) is 104 cm³/mol. The van der Waals surface area contributed by atoms with E-state index in [1.54, 1.807) is 4.90 Å². The lowest BCUT2D eigenvalue weighted by Gasteiger charge is -2.15. The van der Waals surface area contributed by atoms with E-state index >= 15 is 0 Å². The van der Waals surface area contributed by atoms with Gasteiger partial charge >= 0.3 is 12.3 Å². The van der Waals surface area contributed by atoms with Gasteiger partial charge in [-0.1, -0.05) is 31.9 Å². The molecular formula is C19H31NO8. The van der Waals surface area contributed by atoms with E-state index in [-0.39, 0.29) is 45.5 Å². The summed E-state index contributed by atoms with van der Waals surface area (Å²) >= 11 is 0. The van der Waals surface area contributed by atoms with Gasteiger partial charge in [0.25, 0.3) is 0 Å². The van der Waals surface area contributed by atoms with Gasteiger partial charge in [-0.3, -0.25) is 4.79 Å². The number of carbonyl (C=O) groups excluding carboxylic acids is 3. The monoisotopic (exact) mass is 401 g/mol. The molecule has 9 heteroatoms. The van der Waals surface area contributed by atoms with E-state index in [2.05, 4.69) is 38.7 Å². The number of likely N-dealkylation sites (N-methyl/N-ethyl adjacent to an activating group) is 1. The van der Waals surface area contributed by atoms with Gasteiger partial charge in [0.2, 0.25) is 5.91 Å². The topological polar surface area (TPSA) is 101 Å². The summed E-state index contributed by atoms with van der Waals surface area (Å²) in [5, 5.41) is 0. The number of nitrogens with zero attached hydrogens (tertiary/aromatic N) is 1. The Hall–Kier alpha value is -2.81. The summed E-state index contributed by atoms with van der Waals surface area (Å²) in [6, 6.07) is 0. The zero-order valence-electron chi connectivity index (χ0n) is 16.7. The van der Waals surface area contributed by atoms with E-state index in [0.29, 0.717) is 0 Å². The fourth-order valence-electron chi connectivity index (χ4n) is 1.47. The molecule has 0 saturated carbocycles. The second kappa shape index (κ2) is 20.5. The van der Waals surface area contributed by atoms with Crippen molar-refractivity contribution in [1.29, 1.82) is 0 Å². The van der Waals surface area contributed by atoms with Gasteiger partial charge in [0, 0.05) is 13.1 Å². The van der Waals surface area contributed by atoms with Crippen LogP contribution < -0.4 is 0 Å². The predicted octanol–water partition coefficient (Wildman–Crippen LogP) is 2.72. The van der Waals surface area contributed by atoms with Crippen LogP contribution >= 0.6 is 0 Å². The Bertz CT molecular complexity index is 447. The van der Waals surface area contributed by atoms with E-state index in [0.717, 1.165) is 13.1 Å². The summed E-state index contributed by atoms with van der Waals surface area (Å²) in [5.74, 6) is 0.0139. The Kier molecular flexibility index (Phi) is 20.1. The molecule has 0 aliphatic rings. The van der Waals surface area contributed by atoms with Crippen molar-refractivity contribution in [3.63, 3.8) is 0 Å². The standard InChI is InChI=1S/C12H18O7.C7H13NO/c1-3-5-16-11(13)18-9-7-15-8-10-19-12(14)17-6-4-2;1-4-7(9)8(5-2)6-3/h3-4H,1-2,5-10H2;4H,1,5-6H2,2-3H3. The molecule has 0 aromatic carbocycles. The first-order valence-electron chi connectivity index (χ1n) is 8.76. The molecule has 0 aromatic heterocycles. The molecule has 0 atom stereocenters. The van der Waals surface area contributed by atoms with Crippen molar-refractivity contribution in [3.8, 4) is 0 Å². The summed E-state index contributed by atoms with van der Waals surface area (Å²) in [6.45, 7) is 16.2. The van der Waals surface area contributed by atoms with Crippen molar-refractivity contribution in [2.24, 2.45) is 0 Å². The highest BCUT2D eigenvalue weighted by atomic mass is 16.7. The molecular weight excluding hydrogens is 370 g/mol. The van der Waals surface area contributed by atoms with Gasteiger partial charge in [0.1, 0.15) is 26.4 Å². The van der Waals surface area contributed by atoms with Crippen molar-refractivity contribution in [2.45, 2.75) is 13.8 Å². The Balaban J connectivity index is 0. The fourth-order valence-corrected chi connectivity index (χ4v) is 1.47. The average molecular weight is 401 g/mol. The van der Waals surface area contributed by atoms with Gasteiger partial charge in [-0.15, -0.1) is 0 Å². The smallest absolute Gasteiger partial charge is 0.432 e. The van der Waals surface area contributed by atoms with Gasteiger partial charge in [0.15, 0.2) is 0 Å². The molecule has 0 radical (unpaired) electrons. The van der Waals surface area contributed by atoms with Gasteiger partial charge < -0.3 is 28.6 Å². The van der Waals surface area contributed by atoms with Crippen LogP contribution in [0.3, 0.4) is 0 Å². The van der Waals surface area contributed by atoms with Crippen LogP contribution in [0.1, 0.15) is 13.8 Å². The quantitative estimate of drug-likeness (QED) is 0.201. The first-order chi connectivity index (χ1) is 13.5. The first kappa shape index (κ1) is 27.4. The lowest BCUT2D eigenvalue weighted by molar-refractivity contribution is -0.125. The zero-order chi connectivity index (χ0) is 21.6. The van der Waals surface area contributed by atoms with Crippen LogP contribution in [0.4, 0.5) is 9.59 Å². The van der Waals surface area contributed by atoms with Gasteiger partial charge in [0.05, 0.1) is 13.2 Å². The number of hydrogen-bond donors (Lipinski definition) is 0. The average Bonchev–Trinajstić information content (AvgIpc) is 2.71.